The summed E-state index contributed by atoms with van der Waals surface area (Å²) in [6.45, 7) is 2.98. The van der Waals surface area contributed by atoms with Crippen LogP contribution in [0.2, 0.25) is 0 Å². The van der Waals surface area contributed by atoms with E-state index in [9.17, 15) is 4.57 Å². The largest absolute Gasteiger partial charge is 0.396 e. The normalized spacial score (nSPS) is 12.0. The highest BCUT2D eigenvalue weighted by atomic mass is 31.2. The fraction of sp³-hybridized carbons (Fsp3) is 1.00. The molecule has 0 aromatic carbocycles. The quantitative estimate of drug-likeness (QED) is 0.248. The van der Waals surface area contributed by atoms with Gasteiger partial charge in [0.05, 0.1) is 39.6 Å². The van der Waals surface area contributed by atoms with Crippen LogP contribution in [0.5, 0.6) is 0 Å². The van der Waals surface area contributed by atoms with Crippen LogP contribution < -0.4 is 0 Å². The van der Waals surface area contributed by atoms with Crippen LogP contribution in [0.3, 0.4) is 0 Å². The van der Waals surface area contributed by atoms with Crippen molar-refractivity contribution in [1.82, 2.24) is 0 Å². The van der Waals surface area contributed by atoms with E-state index in [1.807, 2.05) is 0 Å². The first-order valence-electron chi connectivity index (χ1n) is 6.05. The second kappa shape index (κ2) is 12.5. The first-order chi connectivity index (χ1) is 9.36. The third-order valence-corrected chi connectivity index (χ3v) is 2.29. The maximum absolute atomic E-state index is 9.33. The molecule has 9 nitrogen and oxygen atoms in total. The summed E-state index contributed by atoms with van der Waals surface area (Å²) in [5.41, 5.74) is -1.42. The number of rotatable bonds is 6. The van der Waals surface area contributed by atoms with Gasteiger partial charge in [-0.1, -0.05) is 13.8 Å². The Balaban J connectivity index is -0.000000239. The van der Waals surface area contributed by atoms with Crippen LogP contribution in [0, 0.1) is 10.8 Å². The van der Waals surface area contributed by atoms with Gasteiger partial charge in [0.1, 0.15) is 0 Å². The lowest BCUT2D eigenvalue weighted by Crippen LogP contribution is -2.29. The molecule has 0 aliphatic heterocycles. The molecule has 0 rings (SSSR count). The molecule has 0 saturated carbocycles. The summed E-state index contributed by atoms with van der Waals surface area (Å²) >= 11 is 0. The van der Waals surface area contributed by atoms with E-state index < -0.39 is 18.4 Å². The van der Waals surface area contributed by atoms with Crippen molar-refractivity contribution >= 4 is 7.60 Å². The Kier molecular flexibility index (Phi) is 15.3. The Morgan fingerprint density at radius 1 is 0.667 bits per heavy atom. The molecule has 0 aliphatic rings. The summed E-state index contributed by atoms with van der Waals surface area (Å²) in [6.07, 6.45) is 0. The van der Waals surface area contributed by atoms with Crippen LogP contribution in [-0.4, -0.2) is 86.7 Å². The Morgan fingerprint density at radius 2 is 0.762 bits per heavy atom. The Bertz CT molecular complexity index is 228. The molecule has 0 saturated heterocycles. The average Bonchev–Trinajstić information content (AvgIpc) is 2.44. The molecule has 0 aromatic heterocycles. The van der Waals surface area contributed by atoms with E-state index >= 15 is 0 Å². The molecule has 21 heavy (non-hydrogen) atoms. The van der Waals surface area contributed by atoms with E-state index in [0.717, 1.165) is 6.66 Å². The summed E-state index contributed by atoms with van der Waals surface area (Å²) < 4.78 is 9.33. The smallest absolute Gasteiger partial charge is 0.322 e. The zero-order valence-corrected chi connectivity index (χ0v) is 13.6. The second-order valence-corrected chi connectivity index (χ2v) is 7.08. The van der Waals surface area contributed by atoms with Crippen molar-refractivity contribution in [3.05, 3.63) is 0 Å². The highest BCUT2D eigenvalue weighted by Crippen LogP contribution is 2.26. The summed E-state index contributed by atoms with van der Waals surface area (Å²) in [7, 11) is -3.64. The molecular weight excluding hydrogens is 307 g/mol. The van der Waals surface area contributed by atoms with Gasteiger partial charge in [-0.3, -0.25) is 4.57 Å². The van der Waals surface area contributed by atoms with Crippen LogP contribution in [0.1, 0.15) is 13.8 Å². The molecule has 0 fully saturated rings. The van der Waals surface area contributed by atoms with Gasteiger partial charge in [-0.15, -0.1) is 0 Å². The summed E-state index contributed by atoms with van der Waals surface area (Å²) in [5.74, 6) is 0. The average molecular weight is 336 g/mol. The maximum Gasteiger partial charge on any atom is 0.322 e. The van der Waals surface area contributed by atoms with Crippen molar-refractivity contribution < 1.29 is 45.0 Å². The van der Waals surface area contributed by atoms with E-state index in [-0.39, 0.29) is 39.6 Å². The van der Waals surface area contributed by atoms with Gasteiger partial charge in [0.15, 0.2) is 0 Å². The number of hydrogen-bond donors (Lipinski definition) is 8. The lowest BCUT2D eigenvalue weighted by atomic mass is 9.95. The zero-order chi connectivity index (χ0) is 17.7. The zero-order valence-electron chi connectivity index (χ0n) is 12.7. The lowest BCUT2D eigenvalue weighted by Gasteiger charge is -2.20. The Morgan fingerprint density at radius 3 is 0.762 bits per heavy atom. The summed E-state index contributed by atoms with van der Waals surface area (Å²) in [6, 6.07) is 0. The van der Waals surface area contributed by atoms with Gasteiger partial charge in [-0.25, -0.2) is 0 Å². The van der Waals surface area contributed by atoms with Crippen molar-refractivity contribution in [2.45, 2.75) is 13.8 Å². The minimum absolute atomic E-state index is 0.181. The van der Waals surface area contributed by atoms with Gasteiger partial charge in [0.2, 0.25) is 0 Å². The van der Waals surface area contributed by atoms with Crippen molar-refractivity contribution in [3.63, 3.8) is 0 Å². The van der Waals surface area contributed by atoms with E-state index in [1.165, 1.54) is 0 Å². The molecule has 0 bridgehead atoms. The fourth-order valence-electron chi connectivity index (χ4n) is 0.300. The van der Waals surface area contributed by atoms with Crippen molar-refractivity contribution in [1.29, 1.82) is 0 Å². The summed E-state index contributed by atoms with van der Waals surface area (Å²) in [5, 5.41) is 50.8. The third kappa shape index (κ3) is 19.9. The lowest BCUT2D eigenvalue weighted by molar-refractivity contribution is 0.0198. The minimum Gasteiger partial charge on any atom is -0.396 e. The molecule has 8 N–H and O–H groups in total. The van der Waals surface area contributed by atoms with Crippen LogP contribution in [-0.2, 0) is 4.57 Å². The van der Waals surface area contributed by atoms with Gasteiger partial charge in [-0.05, 0) is 0 Å². The van der Waals surface area contributed by atoms with Crippen LogP contribution in [0.25, 0.3) is 0 Å². The Labute approximate surface area is 124 Å². The second-order valence-electron chi connectivity index (χ2n) is 5.41. The van der Waals surface area contributed by atoms with Crippen molar-refractivity contribution in [3.8, 4) is 0 Å². The fourth-order valence-corrected chi connectivity index (χ4v) is 0.300. The standard InChI is InChI=1S/2C5H12O3.CH5O3P/c2*1-5(2-6,3-7)4-8;1-5(2,3)4/h2*6-8H,2-4H2,1H3;1H3,(H2,2,3,4). The van der Waals surface area contributed by atoms with Gasteiger partial charge in [-0.2, -0.15) is 0 Å². The van der Waals surface area contributed by atoms with Crippen LogP contribution in [0.4, 0.5) is 0 Å². The topological polar surface area (TPSA) is 179 Å². The van der Waals surface area contributed by atoms with Crippen LogP contribution in [0.15, 0.2) is 0 Å². The monoisotopic (exact) mass is 336 g/mol. The molecule has 132 valence electrons. The van der Waals surface area contributed by atoms with E-state index in [0.29, 0.717) is 0 Å². The van der Waals surface area contributed by atoms with Gasteiger partial charge >= 0.3 is 7.60 Å². The number of hydrogen-bond acceptors (Lipinski definition) is 7. The predicted octanol–water partition coefficient (Wildman–Crippen LogP) is -2.27. The molecule has 0 atom stereocenters. The molecule has 0 unspecified atom stereocenters. The molecule has 0 amide bonds. The molecule has 0 radical (unpaired) electrons. The number of aliphatic hydroxyl groups is 6. The highest BCUT2D eigenvalue weighted by Gasteiger charge is 2.20. The molecule has 0 heterocycles. The predicted molar refractivity (Wildman–Crippen MR) is 76.7 cm³/mol. The molecule has 0 aliphatic carbocycles. The summed E-state index contributed by atoms with van der Waals surface area (Å²) in [4.78, 5) is 15.3. The van der Waals surface area contributed by atoms with Crippen molar-refractivity contribution in [2.24, 2.45) is 10.8 Å². The first kappa shape index (κ1) is 25.8. The SMILES string of the molecule is CC(CO)(CO)CO.CC(CO)(CO)CO.CP(=O)(O)O. The van der Waals surface area contributed by atoms with Crippen LogP contribution >= 0.6 is 7.60 Å². The highest BCUT2D eigenvalue weighted by molar-refractivity contribution is 7.50. The van der Waals surface area contributed by atoms with E-state index in [1.54, 1.807) is 13.8 Å². The third-order valence-electron chi connectivity index (χ3n) is 2.29. The number of aliphatic hydroxyl groups excluding tert-OH is 6. The van der Waals surface area contributed by atoms with Gasteiger partial charge in [0.25, 0.3) is 0 Å². The molecule has 0 spiro atoms. The van der Waals surface area contributed by atoms with Gasteiger partial charge in [0, 0.05) is 17.5 Å². The van der Waals surface area contributed by atoms with E-state index in [4.69, 9.17) is 40.4 Å². The molecule has 10 heteroatoms. The van der Waals surface area contributed by atoms with Crippen molar-refractivity contribution in [2.75, 3.05) is 46.3 Å². The molecular formula is C11H29O9P. The van der Waals surface area contributed by atoms with Gasteiger partial charge < -0.3 is 40.4 Å². The van der Waals surface area contributed by atoms with E-state index in [2.05, 4.69) is 0 Å². The minimum atomic E-state index is -3.64. The Hall–Kier alpha value is -0.0900. The maximum atomic E-state index is 9.33. The first-order valence-corrected chi connectivity index (χ1v) is 8.11. The molecule has 0 aromatic rings.